The van der Waals surface area contributed by atoms with Crippen LogP contribution >= 0.6 is 23.4 Å². The highest BCUT2D eigenvalue weighted by atomic mass is 35.5. The topological polar surface area (TPSA) is 66.4 Å². The summed E-state index contributed by atoms with van der Waals surface area (Å²) < 4.78 is 13.5. The molecular formula is C12H13ClFNO3S. The van der Waals surface area contributed by atoms with Crippen LogP contribution in [0.15, 0.2) is 18.2 Å². The van der Waals surface area contributed by atoms with E-state index in [2.05, 4.69) is 5.32 Å². The minimum Gasteiger partial charge on any atom is -0.480 e. The lowest BCUT2D eigenvalue weighted by atomic mass is 10.2. The van der Waals surface area contributed by atoms with E-state index in [4.69, 9.17) is 16.7 Å². The summed E-state index contributed by atoms with van der Waals surface area (Å²) in [5.74, 6) is -1.58. The number of hydrogen-bond acceptors (Lipinski definition) is 3. The normalized spacial score (nSPS) is 11.9. The minimum absolute atomic E-state index is 0.138. The highest BCUT2D eigenvalue weighted by Crippen LogP contribution is 2.24. The smallest absolute Gasteiger partial charge is 0.327 e. The predicted octanol–water partition coefficient (Wildman–Crippen LogP) is 2.30. The fraction of sp³-hybridized carbons (Fsp3) is 0.333. The molecule has 104 valence electrons. The molecule has 0 radical (unpaired) electrons. The molecule has 4 nitrogen and oxygen atoms in total. The van der Waals surface area contributed by atoms with Crippen molar-refractivity contribution in [2.75, 3.05) is 5.75 Å². The van der Waals surface area contributed by atoms with Gasteiger partial charge in [0.2, 0.25) is 5.91 Å². The van der Waals surface area contributed by atoms with Gasteiger partial charge in [0.05, 0.1) is 0 Å². The van der Waals surface area contributed by atoms with E-state index in [1.54, 1.807) is 6.07 Å². The first-order chi connectivity index (χ1) is 8.91. The van der Waals surface area contributed by atoms with E-state index in [9.17, 15) is 14.0 Å². The van der Waals surface area contributed by atoms with Gasteiger partial charge in [0.1, 0.15) is 11.9 Å². The molecule has 0 heterocycles. The number of carbonyl (C=O) groups excluding carboxylic acids is 1. The molecule has 2 N–H and O–H groups in total. The molecule has 0 saturated carbocycles. The Hall–Kier alpha value is -1.27. The number of carbonyl (C=O) groups is 2. The summed E-state index contributed by atoms with van der Waals surface area (Å²) in [7, 11) is 0. The summed E-state index contributed by atoms with van der Waals surface area (Å²) in [6.45, 7) is 1.24. The van der Waals surface area contributed by atoms with Crippen molar-refractivity contribution in [3.05, 3.63) is 34.6 Å². The second-order valence-electron chi connectivity index (χ2n) is 3.81. The van der Waals surface area contributed by atoms with Crippen LogP contribution in [0.1, 0.15) is 12.5 Å². The first-order valence-electron chi connectivity index (χ1n) is 5.42. The van der Waals surface area contributed by atoms with E-state index >= 15 is 0 Å². The zero-order valence-corrected chi connectivity index (χ0v) is 11.7. The van der Waals surface area contributed by atoms with Crippen LogP contribution in [0, 0.1) is 5.82 Å². The van der Waals surface area contributed by atoms with Crippen LogP contribution in [0.4, 0.5) is 4.39 Å². The van der Waals surface area contributed by atoms with Gasteiger partial charge in [0, 0.05) is 29.0 Å². The Morgan fingerprint density at radius 3 is 2.74 bits per heavy atom. The van der Waals surface area contributed by atoms with Crippen molar-refractivity contribution in [1.82, 2.24) is 5.32 Å². The maximum Gasteiger partial charge on any atom is 0.327 e. The van der Waals surface area contributed by atoms with Gasteiger partial charge in [-0.05, 0) is 12.1 Å². The summed E-state index contributed by atoms with van der Waals surface area (Å²) in [6.07, 6.45) is 0. The first-order valence-corrected chi connectivity index (χ1v) is 6.95. The van der Waals surface area contributed by atoms with Crippen molar-refractivity contribution in [2.24, 2.45) is 0 Å². The number of carboxylic acid groups (broad SMARTS) is 1. The van der Waals surface area contributed by atoms with Crippen LogP contribution in [-0.2, 0) is 15.3 Å². The van der Waals surface area contributed by atoms with Crippen LogP contribution in [0.3, 0.4) is 0 Å². The summed E-state index contributed by atoms with van der Waals surface area (Å²) in [5, 5.41) is 11.5. The zero-order chi connectivity index (χ0) is 14.4. The second kappa shape index (κ2) is 7.35. The Kier molecular flexibility index (Phi) is 6.11. The maximum atomic E-state index is 13.5. The molecule has 1 unspecified atom stereocenters. The predicted molar refractivity (Wildman–Crippen MR) is 72.8 cm³/mol. The maximum absolute atomic E-state index is 13.5. The monoisotopic (exact) mass is 305 g/mol. The molecule has 0 aliphatic carbocycles. The average molecular weight is 306 g/mol. The van der Waals surface area contributed by atoms with Crippen LogP contribution in [0.5, 0.6) is 0 Å². The Bertz CT molecular complexity index is 464. The van der Waals surface area contributed by atoms with Crippen LogP contribution in [-0.4, -0.2) is 28.8 Å². The lowest BCUT2D eigenvalue weighted by Gasteiger charge is -2.13. The van der Waals surface area contributed by atoms with Gasteiger partial charge < -0.3 is 10.4 Å². The number of amides is 1. The molecule has 1 rings (SSSR count). The van der Waals surface area contributed by atoms with E-state index in [1.165, 1.54) is 30.8 Å². The van der Waals surface area contributed by atoms with Gasteiger partial charge >= 0.3 is 5.97 Å². The van der Waals surface area contributed by atoms with E-state index in [1.807, 2.05) is 0 Å². The highest BCUT2D eigenvalue weighted by Gasteiger charge is 2.18. The van der Waals surface area contributed by atoms with E-state index in [0.717, 1.165) is 0 Å². The Morgan fingerprint density at radius 1 is 1.53 bits per heavy atom. The first kappa shape index (κ1) is 15.8. The third-order valence-corrected chi connectivity index (χ3v) is 3.68. The quantitative estimate of drug-likeness (QED) is 0.846. The van der Waals surface area contributed by atoms with Gasteiger partial charge in [0.15, 0.2) is 0 Å². The standard InChI is InChI=1S/C12H13ClFNO3S/c1-7(16)15-11(12(17)18)6-19-5-8-9(13)3-2-4-10(8)14/h2-4,11H,5-6H2,1H3,(H,15,16)(H,17,18). The van der Waals surface area contributed by atoms with Crippen LogP contribution < -0.4 is 5.32 Å². The molecule has 1 aromatic rings. The zero-order valence-electron chi connectivity index (χ0n) is 10.2. The number of rotatable bonds is 6. The molecule has 0 spiro atoms. The van der Waals surface area contributed by atoms with Crippen LogP contribution in [0.25, 0.3) is 0 Å². The number of aliphatic carboxylic acids is 1. The molecule has 1 amide bonds. The van der Waals surface area contributed by atoms with Crippen molar-refractivity contribution in [3.8, 4) is 0 Å². The summed E-state index contributed by atoms with van der Waals surface area (Å²) in [5.41, 5.74) is 0.334. The number of thioether (sulfide) groups is 1. The lowest BCUT2D eigenvalue weighted by molar-refractivity contribution is -0.140. The SMILES string of the molecule is CC(=O)NC(CSCc1c(F)cccc1Cl)C(=O)O. The van der Waals surface area contributed by atoms with E-state index in [0.29, 0.717) is 10.6 Å². The van der Waals surface area contributed by atoms with Gasteiger partial charge in [-0.1, -0.05) is 17.7 Å². The molecule has 0 aromatic heterocycles. The molecule has 1 atom stereocenters. The van der Waals surface area contributed by atoms with E-state index < -0.39 is 23.7 Å². The van der Waals surface area contributed by atoms with Crippen LogP contribution in [0.2, 0.25) is 5.02 Å². The average Bonchev–Trinajstić information content (AvgIpc) is 2.30. The molecule has 0 saturated heterocycles. The summed E-state index contributed by atoms with van der Waals surface area (Å²) >= 11 is 7.05. The highest BCUT2D eigenvalue weighted by molar-refractivity contribution is 7.98. The van der Waals surface area contributed by atoms with Gasteiger partial charge in [-0.3, -0.25) is 4.79 Å². The second-order valence-corrected chi connectivity index (χ2v) is 5.24. The molecule has 0 aliphatic heterocycles. The third-order valence-electron chi connectivity index (χ3n) is 2.27. The fourth-order valence-corrected chi connectivity index (χ4v) is 2.76. The molecule has 19 heavy (non-hydrogen) atoms. The Morgan fingerprint density at radius 2 is 2.21 bits per heavy atom. The molecule has 0 aliphatic rings. The van der Waals surface area contributed by atoms with Crippen molar-refractivity contribution >= 4 is 35.2 Å². The van der Waals surface area contributed by atoms with Gasteiger partial charge in [0.25, 0.3) is 0 Å². The Labute approximate surface area is 119 Å². The number of halogens is 2. The molecule has 7 heteroatoms. The van der Waals surface area contributed by atoms with E-state index in [-0.39, 0.29) is 11.5 Å². The minimum atomic E-state index is -1.12. The molecule has 0 bridgehead atoms. The molecule has 0 fully saturated rings. The molecular weight excluding hydrogens is 293 g/mol. The van der Waals surface area contributed by atoms with Gasteiger partial charge in [-0.2, -0.15) is 11.8 Å². The number of carboxylic acids is 1. The Balaban J connectivity index is 2.57. The van der Waals surface area contributed by atoms with Gasteiger partial charge in [-0.25, -0.2) is 9.18 Å². The lowest BCUT2D eigenvalue weighted by Crippen LogP contribution is -2.41. The van der Waals surface area contributed by atoms with Gasteiger partial charge in [-0.15, -0.1) is 0 Å². The number of nitrogens with one attached hydrogen (secondary N) is 1. The fourth-order valence-electron chi connectivity index (χ4n) is 1.37. The largest absolute Gasteiger partial charge is 0.480 e. The van der Waals surface area contributed by atoms with Crippen molar-refractivity contribution in [3.63, 3.8) is 0 Å². The number of benzene rings is 1. The third kappa shape index (κ3) is 5.08. The summed E-state index contributed by atoms with van der Waals surface area (Å²) in [6, 6.07) is 3.38. The van der Waals surface area contributed by atoms with Crippen molar-refractivity contribution < 1.29 is 19.1 Å². The number of hydrogen-bond donors (Lipinski definition) is 2. The molecule has 1 aromatic carbocycles. The summed E-state index contributed by atoms with van der Waals surface area (Å²) in [4.78, 5) is 21.7. The van der Waals surface area contributed by atoms with Crippen molar-refractivity contribution in [1.29, 1.82) is 0 Å². The van der Waals surface area contributed by atoms with Crippen molar-refractivity contribution in [2.45, 2.75) is 18.7 Å².